The normalized spacial score (nSPS) is 10.6. The Bertz CT molecular complexity index is 775. The molecule has 0 spiro atoms. The maximum absolute atomic E-state index is 5.93. The fraction of sp³-hybridized carbons (Fsp3) is 0.0833. The lowest BCUT2D eigenvalue weighted by Gasteiger charge is -2.09. The van der Waals surface area contributed by atoms with Crippen molar-refractivity contribution in [1.29, 1.82) is 0 Å². The van der Waals surface area contributed by atoms with Gasteiger partial charge in [-0.05, 0) is 46.1 Å². The Kier molecular flexibility index (Phi) is 3.80. The van der Waals surface area contributed by atoms with Crippen molar-refractivity contribution in [2.24, 2.45) is 0 Å². The highest BCUT2D eigenvalue weighted by molar-refractivity contribution is 9.10. The van der Waals surface area contributed by atoms with Crippen LogP contribution in [0.3, 0.4) is 0 Å². The molecule has 2 aromatic heterocycles. The van der Waals surface area contributed by atoms with Gasteiger partial charge in [-0.15, -0.1) is 0 Å². The van der Waals surface area contributed by atoms with Crippen molar-refractivity contribution >= 4 is 39.2 Å². The Labute approximate surface area is 133 Å². The van der Waals surface area contributed by atoms with E-state index in [0.29, 0.717) is 11.9 Å². The van der Waals surface area contributed by atoms with E-state index in [4.69, 9.17) is 11.6 Å². The van der Waals surface area contributed by atoms with Crippen LogP contribution in [0.15, 0.2) is 35.3 Å². The summed E-state index contributed by atoms with van der Waals surface area (Å²) in [5.41, 5.74) is 1.93. The summed E-state index contributed by atoms with van der Waals surface area (Å²) in [4.78, 5) is 16.2. The molecule has 2 heterocycles. The topological polar surface area (TPSA) is 81.4 Å². The van der Waals surface area contributed by atoms with Crippen molar-refractivity contribution in [1.82, 2.24) is 29.7 Å². The second-order valence-corrected chi connectivity index (χ2v) is 5.26. The van der Waals surface area contributed by atoms with Crippen molar-refractivity contribution < 1.29 is 0 Å². The molecule has 0 aliphatic rings. The number of aryl methyl sites for hydroxylation is 1. The first-order valence-corrected chi connectivity index (χ1v) is 7.09. The van der Waals surface area contributed by atoms with Crippen LogP contribution in [0, 0.1) is 6.92 Å². The maximum atomic E-state index is 5.93. The molecule has 21 heavy (non-hydrogen) atoms. The second kappa shape index (κ2) is 5.74. The fourth-order valence-electron chi connectivity index (χ4n) is 1.67. The highest BCUT2D eigenvalue weighted by Crippen LogP contribution is 2.27. The molecular weight excluding hydrogens is 358 g/mol. The van der Waals surface area contributed by atoms with Gasteiger partial charge in [0.2, 0.25) is 11.2 Å². The van der Waals surface area contributed by atoms with E-state index in [0.717, 1.165) is 15.7 Å². The summed E-state index contributed by atoms with van der Waals surface area (Å²) in [6, 6.07) is 5.84. The molecule has 9 heteroatoms. The molecule has 1 N–H and O–H groups in total. The van der Waals surface area contributed by atoms with Crippen LogP contribution in [0.2, 0.25) is 5.28 Å². The zero-order valence-electron chi connectivity index (χ0n) is 10.8. The van der Waals surface area contributed by atoms with Crippen molar-refractivity contribution in [3.05, 3.63) is 46.2 Å². The van der Waals surface area contributed by atoms with Gasteiger partial charge in [-0.25, -0.2) is 4.98 Å². The monoisotopic (exact) mass is 365 g/mol. The largest absolute Gasteiger partial charge is 0.323 e. The molecule has 0 fully saturated rings. The van der Waals surface area contributed by atoms with Gasteiger partial charge in [0, 0.05) is 4.47 Å². The lowest BCUT2D eigenvalue weighted by molar-refractivity contribution is 0.796. The molecule has 3 rings (SSSR count). The highest BCUT2D eigenvalue weighted by Gasteiger charge is 2.09. The number of anilines is 2. The second-order valence-electron chi connectivity index (χ2n) is 4.13. The van der Waals surface area contributed by atoms with Crippen LogP contribution < -0.4 is 5.32 Å². The van der Waals surface area contributed by atoms with E-state index in [2.05, 4.69) is 46.3 Å². The molecule has 0 aliphatic carbocycles. The summed E-state index contributed by atoms with van der Waals surface area (Å²) in [5.74, 6) is 0.616. The first-order valence-electron chi connectivity index (χ1n) is 5.92. The molecule has 0 bridgehead atoms. The van der Waals surface area contributed by atoms with Crippen molar-refractivity contribution in [2.75, 3.05) is 5.32 Å². The Morgan fingerprint density at radius 3 is 2.86 bits per heavy atom. The minimum atomic E-state index is 0.0711. The number of nitrogens with one attached hydrogen (secondary N) is 1. The Morgan fingerprint density at radius 2 is 2.10 bits per heavy atom. The standard InChI is InChI=1S/C12H9BrClN7/c1-7-3-2-4-8(9(7)13)17-11-18-10(14)19-12(20-11)21-6-15-5-16-21/h2-6H,1H3,(H,17,18,19,20). The minimum Gasteiger partial charge on any atom is -0.323 e. The van der Waals surface area contributed by atoms with Crippen LogP contribution in [0.25, 0.3) is 5.95 Å². The van der Waals surface area contributed by atoms with Crippen molar-refractivity contribution in [3.8, 4) is 5.95 Å². The molecule has 0 saturated heterocycles. The smallest absolute Gasteiger partial charge is 0.258 e. The molecule has 7 nitrogen and oxygen atoms in total. The van der Waals surface area contributed by atoms with Crippen molar-refractivity contribution in [2.45, 2.75) is 6.92 Å². The molecule has 106 valence electrons. The molecule has 0 saturated carbocycles. The summed E-state index contributed by atoms with van der Waals surface area (Å²) in [5, 5.41) is 7.14. The van der Waals surface area contributed by atoms with Gasteiger partial charge in [0.15, 0.2) is 0 Å². The van der Waals surface area contributed by atoms with E-state index >= 15 is 0 Å². The fourth-order valence-corrected chi connectivity index (χ4v) is 2.19. The number of benzene rings is 1. The molecule has 0 aliphatic heterocycles. The van der Waals surface area contributed by atoms with Gasteiger partial charge >= 0.3 is 0 Å². The summed E-state index contributed by atoms with van der Waals surface area (Å²) in [7, 11) is 0. The number of hydrogen-bond acceptors (Lipinski definition) is 6. The van der Waals surface area contributed by atoms with Crippen molar-refractivity contribution in [3.63, 3.8) is 0 Å². The maximum Gasteiger partial charge on any atom is 0.258 e. The van der Waals surface area contributed by atoms with Gasteiger partial charge in [0.25, 0.3) is 5.95 Å². The average molecular weight is 367 g/mol. The average Bonchev–Trinajstić information content (AvgIpc) is 2.97. The zero-order valence-corrected chi connectivity index (χ0v) is 13.2. The van der Waals surface area contributed by atoms with Gasteiger partial charge in [-0.3, -0.25) is 0 Å². The van der Waals surface area contributed by atoms with E-state index in [1.165, 1.54) is 17.3 Å². The van der Waals surface area contributed by atoms with Crippen LogP contribution in [0.5, 0.6) is 0 Å². The third-order valence-corrected chi connectivity index (χ3v) is 3.88. The molecule has 3 aromatic rings. The molecule has 1 aromatic carbocycles. The van der Waals surface area contributed by atoms with E-state index in [-0.39, 0.29) is 5.28 Å². The van der Waals surface area contributed by atoms with Gasteiger partial charge in [-0.2, -0.15) is 24.7 Å². The Hall–Kier alpha value is -2.06. The Morgan fingerprint density at radius 1 is 1.24 bits per heavy atom. The molecule has 0 amide bonds. The number of halogens is 2. The highest BCUT2D eigenvalue weighted by atomic mass is 79.9. The number of rotatable bonds is 3. The predicted molar refractivity (Wildman–Crippen MR) is 81.9 cm³/mol. The number of hydrogen-bond donors (Lipinski definition) is 1. The van der Waals surface area contributed by atoms with E-state index < -0.39 is 0 Å². The summed E-state index contributed by atoms with van der Waals surface area (Å²) < 4.78 is 2.34. The van der Waals surface area contributed by atoms with Crippen LogP contribution in [-0.4, -0.2) is 29.7 Å². The molecular formula is C12H9BrClN7. The summed E-state index contributed by atoms with van der Waals surface area (Å²) in [6.45, 7) is 2.00. The SMILES string of the molecule is Cc1cccc(Nc2nc(Cl)nc(-n3cncn3)n2)c1Br. The lowest BCUT2D eigenvalue weighted by Crippen LogP contribution is -2.07. The summed E-state index contributed by atoms with van der Waals surface area (Å²) >= 11 is 9.45. The van der Waals surface area contributed by atoms with Gasteiger partial charge in [-0.1, -0.05) is 12.1 Å². The number of nitrogens with zero attached hydrogens (tertiary/aromatic N) is 6. The summed E-state index contributed by atoms with van der Waals surface area (Å²) in [6.07, 6.45) is 2.87. The van der Waals surface area contributed by atoms with Crippen LogP contribution in [0.4, 0.5) is 11.6 Å². The van der Waals surface area contributed by atoms with E-state index in [9.17, 15) is 0 Å². The van der Waals surface area contributed by atoms with E-state index in [1.54, 1.807) is 0 Å². The molecule has 0 unspecified atom stereocenters. The zero-order chi connectivity index (χ0) is 14.8. The third-order valence-electron chi connectivity index (χ3n) is 2.66. The van der Waals surface area contributed by atoms with Crippen LogP contribution >= 0.6 is 27.5 Å². The predicted octanol–water partition coefficient (Wildman–Crippen LogP) is 2.92. The molecule has 0 radical (unpaired) electrons. The lowest BCUT2D eigenvalue weighted by atomic mass is 10.2. The quantitative estimate of drug-likeness (QED) is 0.767. The Balaban J connectivity index is 1.98. The van der Waals surface area contributed by atoms with Gasteiger partial charge in [0.1, 0.15) is 12.7 Å². The van der Waals surface area contributed by atoms with Crippen LogP contribution in [0.1, 0.15) is 5.56 Å². The first kappa shape index (κ1) is 13.9. The minimum absolute atomic E-state index is 0.0711. The van der Waals surface area contributed by atoms with Gasteiger partial charge in [0.05, 0.1) is 5.69 Å². The van der Waals surface area contributed by atoms with Crippen LogP contribution in [-0.2, 0) is 0 Å². The van der Waals surface area contributed by atoms with Gasteiger partial charge < -0.3 is 5.32 Å². The van der Waals surface area contributed by atoms with E-state index in [1.807, 2.05) is 25.1 Å². The molecule has 0 atom stereocenters. The first-order chi connectivity index (χ1) is 10.1. The third kappa shape index (κ3) is 3.01. The number of aromatic nitrogens is 6.